The Morgan fingerprint density at radius 2 is 1.95 bits per heavy atom. The Labute approximate surface area is 124 Å². The molecule has 0 fully saturated rings. The maximum absolute atomic E-state index is 12.2. The molecule has 21 heavy (non-hydrogen) atoms. The Morgan fingerprint density at radius 3 is 2.62 bits per heavy atom. The summed E-state index contributed by atoms with van der Waals surface area (Å²) < 4.78 is 0. The number of carbonyl (C=O) groups excluding carboxylic acids is 2. The van der Waals surface area contributed by atoms with Crippen molar-refractivity contribution in [3.8, 4) is 0 Å². The first-order valence-electron chi connectivity index (χ1n) is 7.32. The molecule has 0 spiro atoms. The quantitative estimate of drug-likeness (QED) is 0.857. The van der Waals surface area contributed by atoms with Gasteiger partial charge in [0.2, 0.25) is 5.91 Å². The Morgan fingerprint density at radius 1 is 1.24 bits per heavy atom. The first-order valence-corrected chi connectivity index (χ1v) is 7.32. The molecule has 0 bridgehead atoms. The van der Waals surface area contributed by atoms with E-state index in [2.05, 4.69) is 10.3 Å². The highest BCUT2D eigenvalue weighted by Gasteiger charge is 2.19. The van der Waals surface area contributed by atoms with Crippen LogP contribution in [0.1, 0.15) is 32.8 Å². The summed E-state index contributed by atoms with van der Waals surface area (Å²) in [7, 11) is 0. The molecule has 1 unspecified atom stereocenters. The van der Waals surface area contributed by atoms with E-state index in [1.807, 2.05) is 44.3 Å². The third-order valence-electron chi connectivity index (χ3n) is 3.56. The molecule has 1 atom stereocenters. The summed E-state index contributed by atoms with van der Waals surface area (Å²) in [4.78, 5) is 26.9. The van der Waals surface area contributed by atoms with E-state index in [0.717, 1.165) is 16.5 Å². The molecule has 4 nitrogen and oxygen atoms in total. The molecule has 2 aromatic rings. The summed E-state index contributed by atoms with van der Waals surface area (Å²) in [5.74, 6) is 0.267. The van der Waals surface area contributed by atoms with Crippen LogP contribution in [-0.2, 0) is 16.0 Å². The second kappa shape index (κ2) is 6.57. The average molecular weight is 286 g/mol. The lowest BCUT2D eigenvalue weighted by Crippen LogP contribution is -2.41. The van der Waals surface area contributed by atoms with Crippen LogP contribution in [0.5, 0.6) is 0 Å². The van der Waals surface area contributed by atoms with Crippen molar-refractivity contribution in [2.75, 3.05) is 0 Å². The Hall–Kier alpha value is -2.10. The van der Waals surface area contributed by atoms with Gasteiger partial charge < -0.3 is 10.3 Å². The fourth-order valence-corrected chi connectivity index (χ4v) is 2.49. The van der Waals surface area contributed by atoms with E-state index in [0.29, 0.717) is 12.3 Å². The summed E-state index contributed by atoms with van der Waals surface area (Å²) >= 11 is 0. The molecule has 0 aliphatic carbocycles. The van der Waals surface area contributed by atoms with Gasteiger partial charge in [0.05, 0.1) is 12.5 Å². The lowest BCUT2D eigenvalue weighted by molar-refractivity contribution is -0.126. The minimum Gasteiger partial charge on any atom is -0.361 e. The van der Waals surface area contributed by atoms with Crippen LogP contribution in [0.3, 0.4) is 0 Å². The minimum absolute atomic E-state index is 0.0102. The standard InChI is InChI=1S/C17H22N2O2/c1-11(2)8-16(12(3)20)19-17(21)9-13-10-18-15-7-5-4-6-14(13)15/h4-7,10-11,16,18H,8-9H2,1-3H3,(H,19,21). The Balaban J connectivity index is 2.05. The van der Waals surface area contributed by atoms with Crippen LogP contribution < -0.4 is 5.32 Å². The van der Waals surface area contributed by atoms with Crippen LogP contribution in [0.15, 0.2) is 30.5 Å². The SMILES string of the molecule is CC(=O)C(CC(C)C)NC(=O)Cc1c[nH]c2ccccc12. The molecule has 2 N–H and O–H groups in total. The molecule has 1 amide bonds. The third kappa shape index (κ3) is 3.94. The first-order chi connectivity index (χ1) is 9.97. The van der Waals surface area contributed by atoms with Gasteiger partial charge in [-0.3, -0.25) is 9.59 Å². The van der Waals surface area contributed by atoms with Crippen molar-refractivity contribution in [3.05, 3.63) is 36.0 Å². The molecule has 0 saturated heterocycles. The van der Waals surface area contributed by atoms with Crippen molar-refractivity contribution in [1.29, 1.82) is 0 Å². The van der Waals surface area contributed by atoms with Crippen LogP contribution in [-0.4, -0.2) is 22.7 Å². The first kappa shape index (κ1) is 15.3. The number of H-pyrrole nitrogens is 1. The number of aromatic nitrogens is 1. The normalized spacial score (nSPS) is 12.6. The van der Waals surface area contributed by atoms with Crippen LogP contribution in [0.4, 0.5) is 0 Å². The van der Waals surface area contributed by atoms with Gasteiger partial charge in [-0.2, -0.15) is 0 Å². The van der Waals surface area contributed by atoms with E-state index in [9.17, 15) is 9.59 Å². The number of benzene rings is 1. The van der Waals surface area contributed by atoms with Crippen molar-refractivity contribution in [3.63, 3.8) is 0 Å². The molecule has 1 aromatic carbocycles. The molecule has 0 saturated carbocycles. The van der Waals surface area contributed by atoms with E-state index >= 15 is 0 Å². The summed E-state index contributed by atoms with van der Waals surface area (Å²) in [5.41, 5.74) is 1.97. The molecular weight excluding hydrogens is 264 g/mol. The van der Waals surface area contributed by atoms with Gasteiger partial charge in [0.25, 0.3) is 0 Å². The van der Waals surface area contributed by atoms with Crippen LogP contribution in [0.2, 0.25) is 0 Å². The molecule has 0 aliphatic rings. The molecule has 0 aliphatic heterocycles. The molecule has 0 radical (unpaired) electrons. The summed E-state index contributed by atoms with van der Waals surface area (Å²) in [6, 6.07) is 7.49. The van der Waals surface area contributed by atoms with Gasteiger partial charge >= 0.3 is 0 Å². The van der Waals surface area contributed by atoms with Crippen molar-refractivity contribution < 1.29 is 9.59 Å². The minimum atomic E-state index is -0.386. The van der Waals surface area contributed by atoms with Crippen molar-refractivity contribution in [2.45, 2.75) is 39.7 Å². The number of Topliss-reactive ketones (excluding diaryl/α,β-unsaturated/α-hetero) is 1. The highest BCUT2D eigenvalue weighted by Crippen LogP contribution is 2.18. The van der Waals surface area contributed by atoms with Crippen LogP contribution in [0, 0.1) is 5.92 Å². The van der Waals surface area contributed by atoms with Gasteiger partial charge in [-0.25, -0.2) is 0 Å². The largest absolute Gasteiger partial charge is 0.361 e. The number of rotatable bonds is 6. The van der Waals surface area contributed by atoms with E-state index in [1.165, 1.54) is 6.92 Å². The van der Waals surface area contributed by atoms with Crippen molar-refractivity contribution in [1.82, 2.24) is 10.3 Å². The zero-order valence-corrected chi connectivity index (χ0v) is 12.8. The van der Waals surface area contributed by atoms with Crippen molar-refractivity contribution in [2.24, 2.45) is 5.92 Å². The number of nitrogens with one attached hydrogen (secondary N) is 2. The van der Waals surface area contributed by atoms with E-state index in [-0.39, 0.29) is 24.2 Å². The zero-order valence-electron chi connectivity index (χ0n) is 12.8. The number of ketones is 1. The number of fused-ring (bicyclic) bond motifs is 1. The topological polar surface area (TPSA) is 62.0 Å². The van der Waals surface area contributed by atoms with Crippen LogP contribution in [0.25, 0.3) is 10.9 Å². The lowest BCUT2D eigenvalue weighted by atomic mass is 10.0. The molecule has 1 heterocycles. The molecule has 2 rings (SSSR count). The number of carbonyl (C=O) groups is 2. The predicted octanol–water partition coefficient (Wildman–Crippen LogP) is 2.83. The zero-order chi connectivity index (χ0) is 15.4. The van der Waals surface area contributed by atoms with Gasteiger partial charge in [-0.05, 0) is 30.9 Å². The van der Waals surface area contributed by atoms with Gasteiger partial charge in [-0.15, -0.1) is 0 Å². The summed E-state index contributed by atoms with van der Waals surface area (Å²) in [5, 5.41) is 3.90. The third-order valence-corrected chi connectivity index (χ3v) is 3.56. The molecule has 112 valence electrons. The predicted molar refractivity (Wildman–Crippen MR) is 84.1 cm³/mol. The summed E-state index contributed by atoms with van der Waals surface area (Å²) in [6.45, 7) is 5.61. The number of aromatic amines is 1. The Bertz CT molecular complexity index is 643. The van der Waals surface area contributed by atoms with Crippen molar-refractivity contribution >= 4 is 22.6 Å². The highest BCUT2D eigenvalue weighted by atomic mass is 16.2. The molecule has 1 aromatic heterocycles. The average Bonchev–Trinajstić information content (AvgIpc) is 2.81. The number of para-hydroxylation sites is 1. The van der Waals surface area contributed by atoms with E-state index < -0.39 is 0 Å². The van der Waals surface area contributed by atoms with E-state index in [1.54, 1.807) is 0 Å². The van der Waals surface area contributed by atoms with Gasteiger partial charge in [0, 0.05) is 17.1 Å². The fourth-order valence-electron chi connectivity index (χ4n) is 2.49. The molecule has 4 heteroatoms. The Kier molecular flexibility index (Phi) is 4.78. The fraction of sp³-hybridized carbons (Fsp3) is 0.412. The molecular formula is C17H22N2O2. The van der Waals surface area contributed by atoms with Gasteiger partial charge in [0.15, 0.2) is 5.78 Å². The van der Waals surface area contributed by atoms with E-state index in [4.69, 9.17) is 0 Å². The number of hydrogen-bond acceptors (Lipinski definition) is 2. The highest BCUT2D eigenvalue weighted by molar-refractivity contribution is 5.91. The van der Waals surface area contributed by atoms with Gasteiger partial charge in [-0.1, -0.05) is 32.0 Å². The van der Waals surface area contributed by atoms with Gasteiger partial charge in [0.1, 0.15) is 0 Å². The monoisotopic (exact) mass is 286 g/mol. The number of hydrogen-bond donors (Lipinski definition) is 2. The smallest absolute Gasteiger partial charge is 0.225 e. The summed E-state index contributed by atoms with van der Waals surface area (Å²) in [6.07, 6.45) is 2.82. The van der Waals surface area contributed by atoms with Crippen LogP contribution >= 0.6 is 0 Å². The maximum atomic E-state index is 12.2. The number of amides is 1. The maximum Gasteiger partial charge on any atom is 0.225 e. The second-order valence-corrected chi connectivity index (χ2v) is 5.90. The second-order valence-electron chi connectivity index (χ2n) is 5.90. The lowest BCUT2D eigenvalue weighted by Gasteiger charge is -2.17.